The molecule has 4 atom stereocenters. The summed E-state index contributed by atoms with van der Waals surface area (Å²) in [5.74, 6) is -1.29. The first-order valence-electron chi connectivity index (χ1n) is 20.4. The van der Waals surface area contributed by atoms with E-state index < -0.39 is 47.1 Å². The number of rotatable bonds is 24. The molecule has 2 aromatic rings. The van der Waals surface area contributed by atoms with Gasteiger partial charge in [0.15, 0.2) is 0 Å². The number of nitrogens with one attached hydrogen (secondary N) is 3. The van der Waals surface area contributed by atoms with Crippen molar-refractivity contribution in [2.45, 2.75) is 98.1 Å². The fraction of sp³-hybridized carbons (Fsp3) is 0.690. The standard InChI is InChI=1S/C42H68N6O10S/c1-29(31-11-13-32(14-12-31)36-30(2)44-28-59-36)45-38(51)34-25-33(49)26-48(34)39(52)37(41(3,4)5)46-35(50)27-57-24-23-56-22-21-55-20-19-54-18-17-47(9)16-10-15-43-40(53)58-42(6,7)8/h11-14,28-29,33-34,37,49H,10,15-27H2,1-9H3,(H,43,53)(H,45,51)(H,46,50)/t29-,33+,34-,37+/m0/s1. The van der Waals surface area contributed by atoms with Crippen molar-refractivity contribution < 1.29 is 48.0 Å². The van der Waals surface area contributed by atoms with Gasteiger partial charge in [0.1, 0.15) is 24.3 Å². The van der Waals surface area contributed by atoms with Crippen LogP contribution in [0.1, 0.15) is 78.6 Å². The van der Waals surface area contributed by atoms with Crippen molar-refractivity contribution in [1.82, 2.24) is 30.7 Å². The van der Waals surface area contributed by atoms with Crippen molar-refractivity contribution in [2.24, 2.45) is 5.41 Å². The van der Waals surface area contributed by atoms with Gasteiger partial charge in [-0.05, 0) is 71.2 Å². The third-order valence-corrected chi connectivity index (χ3v) is 10.4. The normalized spacial score (nSPS) is 16.8. The Balaban J connectivity index is 1.28. The van der Waals surface area contributed by atoms with Gasteiger partial charge in [0.05, 0.1) is 74.5 Å². The first-order chi connectivity index (χ1) is 27.9. The highest BCUT2D eigenvalue weighted by atomic mass is 32.1. The maximum atomic E-state index is 13.9. The molecule has 0 bridgehead atoms. The summed E-state index contributed by atoms with van der Waals surface area (Å²) < 4.78 is 27.4. The Morgan fingerprint density at radius 2 is 1.53 bits per heavy atom. The maximum Gasteiger partial charge on any atom is 0.407 e. The largest absolute Gasteiger partial charge is 0.444 e. The molecule has 1 aliphatic heterocycles. The van der Waals surface area contributed by atoms with E-state index >= 15 is 0 Å². The molecule has 16 nitrogen and oxygen atoms in total. The summed E-state index contributed by atoms with van der Waals surface area (Å²) in [6.45, 7) is 19.3. The zero-order chi connectivity index (χ0) is 43.6. The van der Waals surface area contributed by atoms with Gasteiger partial charge in [-0.25, -0.2) is 9.78 Å². The van der Waals surface area contributed by atoms with Crippen molar-refractivity contribution in [2.75, 3.05) is 86.1 Å². The van der Waals surface area contributed by atoms with Gasteiger partial charge in [0, 0.05) is 26.1 Å². The van der Waals surface area contributed by atoms with Crippen molar-refractivity contribution in [3.63, 3.8) is 0 Å². The monoisotopic (exact) mass is 848 g/mol. The molecule has 0 spiro atoms. The Hall–Kier alpha value is -3.71. The topological polar surface area (TPSA) is 190 Å². The van der Waals surface area contributed by atoms with E-state index in [-0.39, 0.29) is 44.7 Å². The van der Waals surface area contributed by atoms with Gasteiger partial charge in [-0.15, -0.1) is 11.3 Å². The van der Waals surface area contributed by atoms with Crippen LogP contribution >= 0.6 is 11.3 Å². The van der Waals surface area contributed by atoms with Crippen LogP contribution < -0.4 is 16.0 Å². The van der Waals surface area contributed by atoms with Crippen molar-refractivity contribution >= 4 is 35.2 Å². The number of aliphatic hydroxyl groups is 1. The molecule has 3 rings (SSSR count). The zero-order valence-electron chi connectivity index (χ0n) is 36.5. The second-order valence-corrected chi connectivity index (χ2v) is 17.7. The molecule has 0 unspecified atom stereocenters. The molecule has 1 saturated heterocycles. The number of thiazole rings is 1. The lowest BCUT2D eigenvalue weighted by molar-refractivity contribution is -0.144. The van der Waals surface area contributed by atoms with E-state index in [0.717, 1.165) is 41.2 Å². The first-order valence-corrected chi connectivity index (χ1v) is 21.3. The molecular formula is C42H68N6O10S. The van der Waals surface area contributed by atoms with Gasteiger partial charge in [-0.1, -0.05) is 45.0 Å². The highest BCUT2D eigenvalue weighted by molar-refractivity contribution is 7.13. The Morgan fingerprint density at radius 3 is 2.10 bits per heavy atom. The average Bonchev–Trinajstić information content (AvgIpc) is 3.78. The van der Waals surface area contributed by atoms with E-state index in [1.165, 1.54) is 4.90 Å². The van der Waals surface area contributed by atoms with Gasteiger partial charge in [0.25, 0.3) is 0 Å². The number of alkyl carbamates (subject to hydrolysis) is 1. The van der Waals surface area contributed by atoms with Crippen LogP contribution in [0.4, 0.5) is 4.79 Å². The van der Waals surface area contributed by atoms with Gasteiger partial charge in [-0.2, -0.15) is 0 Å². The SMILES string of the molecule is Cc1ncsc1-c1ccc([C@H](C)NC(=O)[C@@H]2C[C@@H](O)CN2C(=O)[C@@H](NC(=O)COCCOCCOCCOCCN(C)CCCNC(=O)OC(C)(C)C)C(C)(C)C)cc1. The number of β-amino-alcohol motifs (C(OH)–C–C–N with tert-alkyl or cyclic N) is 1. The average molecular weight is 849 g/mol. The number of aliphatic hydroxyl groups excluding tert-OH is 1. The van der Waals surface area contributed by atoms with Gasteiger partial charge >= 0.3 is 6.09 Å². The summed E-state index contributed by atoms with van der Waals surface area (Å²) in [5, 5.41) is 19.1. The molecule has 1 aliphatic rings. The number of aromatic nitrogens is 1. The van der Waals surface area contributed by atoms with E-state index in [0.29, 0.717) is 39.6 Å². The number of nitrogens with zero attached hydrogens (tertiary/aromatic N) is 3. The summed E-state index contributed by atoms with van der Waals surface area (Å²) in [6.07, 6.45) is -0.381. The second-order valence-electron chi connectivity index (χ2n) is 16.9. The quantitative estimate of drug-likeness (QED) is 0.112. The van der Waals surface area contributed by atoms with Crippen LogP contribution in [0.25, 0.3) is 10.4 Å². The number of carbonyl (C=O) groups excluding carboxylic acids is 4. The van der Waals surface area contributed by atoms with Gasteiger partial charge in [-0.3, -0.25) is 14.4 Å². The minimum absolute atomic E-state index is 0.0158. The first kappa shape index (κ1) is 49.7. The molecule has 0 radical (unpaired) electrons. The third-order valence-electron chi connectivity index (χ3n) is 9.41. The maximum absolute atomic E-state index is 13.9. The summed E-state index contributed by atoms with van der Waals surface area (Å²) in [5.41, 5.74) is 3.52. The number of ether oxygens (including phenoxy) is 5. The van der Waals surface area contributed by atoms with Crippen molar-refractivity contribution in [3.05, 3.63) is 41.0 Å². The minimum atomic E-state index is -0.961. The fourth-order valence-electron chi connectivity index (χ4n) is 6.23. The Bertz CT molecular complexity index is 1600. The Labute approximate surface area is 354 Å². The third kappa shape index (κ3) is 18.2. The number of hydrogen-bond acceptors (Lipinski definition) is 13. The number of carbonyl (C=O) groups is 4. The lowest BCUT2D eigenvalue weighted by Gasteiger charge is -2.35. The summed E-state index contributed by atoms with van der Waals surface area (Å²) >= 11 is 1.57. The number of amides is 4. The molecule has 0 saturated carbocycles. The van der Waals surface area contributed by atoms with Crippen LogP contribution in [-0.2, 0) is 38.1 Å². The molecule has 1 aromatic heterocycles. The minimum Gasteiger partial charge on any atom is -0.444 e. The summed E-state index contributed by atoms with van der Waals surface area (Å²) in [6, 6.07) is 5.72. The molecule has 59 heavy (non-hydrogen) atoms. The number of aryl methyl sites for hydroxylation is 1. The van der Waals surface area contributed by atoms with Crippen LogP contribution in [0.15, 0.2) is 29.8 Å². The smallest absolute Gasteiger partial charge is 0.407 e. The summed E-state index contributed by atoms with van der Waals surface area (Å²) in [7, 11) is 2.00. The highest BCUT2D eigenvalue weighted by Crippen LogP contribution is 2.29. The second kappa shape index (κ2) is 24.5. The number of likely N-dealkylation sites (tertiary alicyclic amines) is 1. The van der Waals surface area contributed by atoms with Gasteiger partial charge in [0.2, 0.25) is 17.7 Å². The molecule has 4 N–H and O–H groups in total. The molecule has 1 aromatic carbocycles. The number of hydrogen-bond donors (Lipinski definition) is 4. The Kier molecular flexibility index (Phi) is 20.6. The molecule has 17 heteroatoms. The predicted octanol–water partition coefficient (Wildman–Crippen LogP) is 3.70. The van der Waals surface area contributed by atoms with Crippen LogP contribution in [0.3, 0.4) is 0 Å². The van der Waals surface area contributed by atoms with E-state index in [1.807, 2.05) is 92.2 Å². The number of benzene rings is 1. The van der Waals surface area contributed by atoms with E-state index in [2.05, 4.69) is 25.8 Å². The van der Waals surface area contributed by atoms with Crippen molar-refractivity contribution in [3.8, 4) is 10.4 Å². The van der Waals surface area contributed by atoms with E-state index in [1.54, 1.807) is 11.3 Å². The molecule has 2 heterocycles. The summed E-state index contributed by atoms with van der Waals surface area (Å²) in [4.78, 5) is 61.0. The molecule has 0 aliphatic carbocycles. The molecule has 1 fully saturated rings. The van der Waals surface area contributed by atoms with E-state index in [9.17, 15) is 24.3 Å². The lowest BCUT2D eigenvalue weighted by atomic mass is 9.85. The van der Waals surface area contributed by atoms with Crippen LogP contribution in [0.5, 0.6) is 0 Å². The zero-order valence-corrected chi connectivity index (χ0v) is 37.3. The number of likely N-dealkylation sites (N-methyl/N-ethyl adjacent to an activating group) is 1. The molecule has 4 amide bonds. The van der Waals surface area contributed by atoms with Gasteiger partial charge < -0.3 is 54.5 Å². The van der Waals surface area contributed by atoms with E-state index in [4.69, 9.17) is 23.7 Å². The molecule has 332 valence electrons. The Morgan fingerprint density at radius 1 is 0.915 bits per heavy atom. The van der Waals surface area contributed by atoms with Crippen LogP contribution in [-0.4, -0.2) is 154 Å². The highest BCUT2D eigenvalue weighted by Gasteiger charge is 2.44. The predicted molar refractivity (Wildman–Crippen MR) is 226 cm³/mol. The fourth-order valence-corrected chi connectivity index (χ4v) is 7.04. The molecular weight excluding hydrogens is 781 g/mol. The lowest BCUT2D eigenvalue weighted by Crippen LogP contribution is -2.58. The van der Waals surface area contributed by atoms with Crippen LogP contribution in [0.2, 0.25) is 0 Å². The van der Waals surface area contributed by atoms with Crippen LogP contribution in [0, 0.1) is 12.3 Å². The van der Waals surface area contributed by atoms with Crippen molar-refractivity contribution in [1.29, 1.82) is 0 Å².